The smallest absolute Gasteiger partial charge is 0.338 e. The molecule has 0 bridgehead atoms. The van der Waals surface area contributed by atoms with Crippen molar-refractivity contribution in [3.63, 3.8) is 0 Å². The number of piperidine rings is 1. The number of rotatable bonds is 3. The lowest BCUT2D eigenvalue weighted by Crippen LogP contribution is -2.46. The molecular formula is C16H23NO3. The normalized spacial score (nSPS) is 27.1. The van der Waals surface area contributed by atoms with Gasteiger partial charge in [0.05, 0.1) is 12.7 Å². The molecule has 1 aliphatic heterocycles. The van der Waals surface area contributed by atoms with Crippen molar-refractivity contribution in [3.8, 4) is 5.75 Å². The minimum atomic E-state index is -0.266. The Hall–Kier alpha value is -1.55. The molecule has 0 unspecified atom stereocenters. The van der Waals surface area contributed by atoms with Gasteiger partial charge >= 0.3 is 5.97 Å². The highest BCUT2D eigenvalue weighted by Crippen LogP contribution is 2.25. The first-order chi connectivity index (χ1) is 9.51. The third kappa shape index (κ3) is 3.31. The number of benzene rings is 1. The van der Waals surface area contributed by atoms with E-state index in [1.807, 2.05) is 6.07 Å². The van der Waals surface area contributed by atoms with Crippen molar-refractivity contribution in [2.24, 2.45) is 5.92 Å². The second-order valence-electron chi connectivity index (χ2n) is 5.68. The summed E-state index contributed by atoms with van der Waals surface area (Å²) in [6, 6.07) is 7.53. The van der Waals surface area contributed by atoms with E-state index < -0.39 is 0 Å². The topological polar surface area (TPSA) is 38.8 Å². The second kappa shape index (κ2) is 6.27. The van der Waals surface area contributed by atoms with E-state index in [2.05, 4.69) is 25.8 Å². The molecule has 1 aliphatic rings. The fourth-order valence-corrected chi connectivity index (χ4v) is 2.62. The van der Waals surface area contributed by atoms with E-state index in [1.165, 1.54) is 0 Å². The molecule has 1 heterocycles. The van der Waals surface area contributed by atoms with Gasteiger partial charge in [-0.3, -0.25) is 0 Å². The number of likely N-dealkylation sites (tertiary alicyclic amines) is 1. The van der Waals surface area contributed by atoms with E-state index in [0.29, 0.717) is 23.3 Å². The SMILES string of the molecule is COc1cccc(C(=O)O[C@H]2C[C@H](C)N(C)C[C@H]2C)c1. The Morgan fingerprint density at radius 1 is 1.35 bits per heavy atom. The Balaban J connectivity index is 2.03. The van der Waals surface area contributed by atoms with Crippen LogP contribution in [0.2, 0.25) is 0 Å². The van der Waals surface area contributed by atoms with E-state index in [9.17, 15) is 4.79 Å². The number of hydrogen-bond donors (Lipinski definition) is 0. The van der Waals surface area contributed by atoms with Crippen LogP contribution >= 0.6 is 0 Å². The fourth-order valence-electron chi connectivity index (χ4n) is 2.62. The molecule has 0 N–H and O–H groups in total. The van der Waals surface area contributed by atoms with Gasteiger partial charge in [0.1, 0.15) is 11.9 Å². The Morgan fingerprint density at radius 3 is 2.80 bits per heavy atom. The molecule has 2 rings (SSSR count). The highest BCUT2D eigenvalue weighted by molar-refractivity contribution is 5.90. The molecule has 1 aromatic rings. The molecule has 1 saturated heterocycles. The lowest BCUT2D eigenvalue weighted by atomic mass is 9.92. The van der Waals surface area contributed by atoms with Crippen LogP contribution in [0.4, 0.5) is 0 Å². The highest BCUT2D eigenvalue weighted by Gasteiger charge is 2.31. The molecule has 20 heavy (non-hydrogen) atoms. The summed E-state index contributed by atoms with van der Waals surface area (Å²) in [5.41, 5.74) is 0.545. The Labute approximate surface area is 120 Å². The van der Waals surface area contributed by atoms with Crippen LogP contribution in [0.1, 0.15) is 30.6 Å². The molecule has 110 valence electrons. The van der Waals surface area contributed by atoms with Crippen molar-refractivity contribution < 1.29 is 14.3 Å². The van der Waals surface area contributed by atoms with Crippen molar-refractivity contribution >= 4 is 5.97 Å². The van der Waals surface area contributed by atoms with Crippen LogP contribution in [0.25, 0.3) is 0 Å². The average molecular weight is 277 g/mol. The lowest BCUT2D eigenvalue weighted by Gasteiger charge is -2.39. The zero-order chi connectivity index (χ0) is 14.7. The monoisotopic (exact) mass is 277 g/mol. The molecule has 4 heteroatoms. The van der Waals surface area contributed by atoms with Gasteiger partial charge in [0.2, 0.25) is 0 Å². The van der Waals surface area contributed by atoms with Crippen LogP contribution < -0.4 is 4.74 Å². The minimum Gasteiger partial charge on any atom is -0.497 e. The number of hydrogen-bond acceptors (Lipinski definition) is 4. The molecule has 0 saturated carbocycles. The molecule has 4 nitrogen and oxygen atoms in total. The van der Waals surface area contributed by atoms with Gasteiger partial charge in [-0.2, -0.15) is 0 Å². The second-order valence-corrected chi connectivity index (χ2v) is 5.68. The summed E-state index contributed by atoms with van der Waals surface area (Å²) in [7, 11) is 3.70. The Morgan fingerprint density at radius 2 is 2.10 bits per heavy atom. The van der Waals surface area contributed by atoms with Gasteiger partial charge in [-0.05, 0) is 38.6 Å². The number of methoxy groups -OCH3 is 1. The number of nitrogens with zero attached hydrogens (tertiary/aromatic N) is 1. The van der Waals surface area contributed by atoms with E-state index in [4.69, 9.17) is 9.47 Å². The largest absolute Gasteiger partial charge is 0.497 e. The van der Waals surface area contributed by atoms with Crippen LogP contribution in [0, 0.1) is 5.92 Å². The van der Waals surface area contributed by atoms with Crippen molar-refractivity contribution in [2.45, 2.75) is 32.4 Å². The third-order valence-electron chi connectivity index (χ3n) is 4.10. The molecule has 1 fully saturated rings. The number of carbonyl (C=O) groups excluding carboxylic acids is 1. The molecule has 0 aromatic heterocycles. The van der Waals surface area contributed by atoms with Crippen LogP contribution in [0.5, 0.6) is 5.75 Å². The van der Waals surface area contributed by atoms with Crippen LogP contribution in [0.3, 0.4) is 0 Å². The number of esters is 1. The van der Waals surface area contributed by atoms with Crippen molar-refractivity contribution in [2.75, 3.05) is 20.7 Å². The highest BCUT2D eigenvalue weighted by atomic mass is 16.5. The van der Waals surface area contributed by atoms with Gasteiger partial charge in [-0.25, -0.2) is 4.79 Å². The molecule has 0 spiro atoms. The summed E-state index contributed by atoms with van der Waals surface area (Å²) in [6.07, 6.45) is 0.868. The molecule has 1 aromatic carbocycles. The van der Waals surface area contributed by atoms with Crippen molar-refractivity contribution in [1.29, 1.82) is 0 Å². The summed E-state index contributed by atoms with van der Waals surface area (Å²) in [5, 5.41) is 0. The van der Waals surface area contributed by atoms with Gasteiger partial charge in [0.25, 0.3) is 0 Å². The lowest BCUT2D eigenvalue weighted by molar-refractivity contribution is -0.0196. The van der Waals surface area contributed by atoms with Crippen LogP contribution in [-0.2, 0) is 4.74 Å². The summed E-state index contributed by atoms with van der Waals surface area (Å²) in [5.74, 6) is 0.757. The molecule has 3 atom stereocenters. The quantitative estimate of drug-likeness (QED) is 0.796. The first-order valence-corrected chi connectivity index (χ1v) is 7.06. The maximum Gasteiger partial charge on any atom is 0.338 e. The van der Waals surface area contributed by atoms with E-state index in [-0.39, 0.29) is 12.1 Å². The molecule has 0 amide bonds. The van der Waals surface area contributed by atoms with Crippen LogP contribution in [0.15, 0.2) is 24.3 Å². The van der Waals surface area contributed by atoms with Gasteiger partial charge in [0, 0.05) is 18.5 Å². The van der Waals surface area contributed by atoms with Gasteiger partial charge in [0.15, 0.2) is 0 Å². The minimum absolute atomic E-state index is 0.0140. The van der Waals surface area contributed by atoms with Gasteiger partial charge in [-0.15, -0.1) is 0 Å². The summed E-state index contributed by atoms with van der Waals surface area (Å²) >= 11 is 0. The summed E-state index contributed by atoms with van der Waals surface area (Å²) in [6.45, 7) is 5.25. The zero-order valence-electron chi connectivity index (χ0n) is 12.6. The Bertz CT molecular complexity index is 475. The van der Waals surface area contributed by atoms with E-state index >= 15 is 0 Å². The summed E-state index contributed by atoms with van der Waals surface area (Å²) in [4.78, 5) is 14.5. The predicted octanol–water partition coefficient (Wildman–Crippen LogP) is 2.58. The Kier molecular flexibility index (Phi) is 4.65. The first kappa shape index (κ1) is 14.9. The maximum atomic E-state index is 12.2. The van der Waals surface area contributed by atoms with Crippen molar-refractivity contribution in [1.82, 2.24) is 4.90 Å². The van der Waals surface area contributed by atoms with Gasteiger partial charge in [-0.1, -0.05) is 13.0 Å². The number of ether oxygens (including phenoxy) is 2. The third-order valence-corrected chi connectivity index (χ3v) is 4.10. The van der Waals surface area contributed by atoms with E-state index in [0.717, 1.165) is 13.0 Å². The molecule has 0 aliphatic carbocycles. The van der Waals surface area contributed by atoms with Crippen LogP contribution in [-0.4, -0.2) is 43.7 Å². The number of carbonyl (C=O) groups is 1. The standard InChI is InChI=1S/C16H23NO3/c1-11-10-17(3)12(2)8-15(11)20-16(18)13-6-5-7-14(9-13)19-4/h5-7,9,11-12,15H,8,10H2,1-4H3/t11-,12+,15+/m1/s1. The maximum absolute atomic E-state index is 12.2. The van der Waals surface area contributed by atoms with Gasteiger partial charge < -0.3 is 14.4 Å². The zero-order valence-corrected chi connectivity index (χ0v) is 12.6. The first-order valence-electron chi connectivity index (χ1n) is 7.06. The van der Waals surface area contributed by atoms with Crippen molar-refractivity contribution in [3.05, 3.63) is 29.8 Å². The molecular weight excluding hydrogens is 254 g/mol. The summed E-state index contributed by atoms with van der Waals surface area (Å²) < 4.78 is 10.8. The predicted molar refractivity (Wildman–Crippen MR) is 78.1 cm³/mol. The molecule has 0 radical (unpaired) electrons. The average Bonchev–Trinajstić information content (AvgIpc) is 2.44. The van der Waals surface area contributed by atoms with E-state index in [1.54, 1.807) is 25.3 Å². The fraction of sp³-hybridized carbons (Fsp3) is 0.562.